The molecule has 128 valence electrons. The standard InChI is InChI=1S/C17H16N4O3S/c22-13(19-15-18-8-9-25-15)10-21-14(23)17(20-16(21)24)7-3-5-11-4-1-2-6-12(11)17/h1-2,4,6,8-9H,3,5,7,10H2,(H,20,24)(H,18,19,22)/t17-/m0/s1. The lowest BCUT2D eigenvalue weighted by Gasteiger charge is -2.33. The van der Waals surface area contributed by atoms with Gasteiger partial charge in [0.15, 0.2) is 5.13 Å². The van der Waals surface area contributed by atoms with Crippen molar-refractivity contribution in [3.63, 3.8) is 0 Å². The summed E-state index contributed by atoms with van der Waals surface area (Å²) in [5, 5.41) is 7.60. The Morgan fingerprint density at radius 3 is 3.00 bits per heavy atom. The van der Waals surface area contributed by atoms with Crippen LogP contribution in [0.5, 0.6) is 0 Å². The molecule has 1 aromatic heterocycles. The number of nitrogens with zero attached hydrogens (tertiary/aromatic N) is 2. The first-order chi connectivity index (χ1) is 12.1. The number of aromatic nitrogens is 1. The lowest BCUT2D eigenvalue weighted by Crippen LogP contribution is -2.47. The summed E-state index contributed by atoms with van der Waals surface area (Å²) in [7, 11) is 0. The summed E-state index contributed by atoms with van der Waals surface area (Å²) < 4.78 is 0. The lowest BCUT2D eigenvalue weighted by atomic mass is 9.76. The Bertz CT molecular complexity index is 851. The molecule has 8 heteroatoms. The third-order valence-electron chi connectivity index (χ3n) is 4.63. The second kappa shape index (κ2) is 5.96. The number of thiazole rings is 1. The zero-order chi connectivity index (χ0) is 17.4. The second-order valence-electron chi connectivity index (χ2n) is 6.12. The first-order valence-corrected chi connectivity index (χ1v) is 8.90. The van der Waals surface area contributed by atoms with Gasteiger partial charge >= 0.3 is 6.03 Å². The fourth-order valence-electron chi connectivity index (χ4n) is 3.54. The van der Waals surface area contributed by atoms with Crippen LogP contribution in [0.1, 0.15) is 24.0 Å². The summed E-state index contributed by atoms with van der Waals surface area (Å²) in [5.41, 5.74) is 0.854. The molecule has 2 heterocycles. The molecule has 25 heavy (non-hydrogen) atoms. The minimum Gasteiger partial charge on any atom is -0.319 e. The quantitative estimate of drug-likeness (QED) is 0.821. The van der Waals surface area contributed by atoms with E-state index in [1.807, 2.05) is 24.3 Å². The molecule has 2 aliphatic rings. The van der Waals surface area contributed by atoms with Crippen molar-refractivity contribution in [1.29, 1.82) is 0 Å². The molecule has 1 spiro atoms. The first kappa shape index (κ1) is 15.8. The minimum atomic E-state index is -1.05. The predicted molar refractivity (Wildman–Crippen MR) is 92.0 cm³/mol. The van der Waals surface area contributed by atoms with E-state index < -0.39 is 17.5 Å². The summed E-state index contributed by atoms with van der Waals surface area (Å²) in [6, 6.07) is 7.12. The monoisotopic (exact) mass is 356 g/mol. The van der Waals surface area contributed by atoms with E-state index in [1.54, 1.807) is 11.6 Å². The topological polar surface area (TPSA) is 91.4 Å². The Labute approximate surface area is 148 Å². The number of imide groups is 1. The fraction of sp³-hybridized carbons (Fsp3) is 0.294. The summed E-state index contributed by atoms with van der Waals surface area (Å²) in [6.07, 6.45) is 3.80. The van der Waals surface area contributed by atoms with Crippen LogP contribution in [0.25, 0.3) is 0 Å². The number of fused-ring (bicyclic) bond motifs is 2. The molecule has 2 N–H and O–H groups in total. The van der Waals surface area contributed by atoms with Crippen molar-refractivity contribution in [2.45, 2.75) is 24.8 Å². The normalized spacial score (nSPS) is 22.0. The number of carbonyl (C=O) groups excluding carboxylic acids is 3. The maximum absolute atomic E-state index is 13.0. The Hall–Kier alpha value is -2.74. The number of urea groups is 1. The number of amides is 4. The molecule has 1 aromatic carbocycles. The molecule has 0 saturated carbocycles. The van der Waals surface area contributed by atoms with Gasteiger partial charge in [-0.05, 0) is 30.4 Å². The van der Waals surface area contributed by atoms with E-state index >= 15 is 0 Å². The highest BCUT2D eigenvalue weighted by Crippen LogP contribution is 2.39. The highest BCUT2D eigenvalue weighted by Gasteiger charge is 2.54. The number of hydrogen-bond acceptors (Lipinski definition) is 5. The molecular formula is C17H16N4O3S. The summed E-state index contributed by atoms with van der Waals surface area (Å²) in [4.78, 5) is 42.6. The number of nitrogens with one attached hydrogen (secondary N) is 2. The Balaban J connectivity index is 1.58. The first-order valence-electron chi connectivity index (χ1n) is 8.02. The minimum absolute atomic E-state index is 0.325. The molecular weight excluding hydrogens is 340 g/mol. The molecule has 1 aliphatic carbocycles. The molecule has 4 amide bonds. The van der Waals surface area contributed by atoms with E-state index in [4.69, 9.17) is 0 Å². The molecule has 2 aromatic rings. The van der Waals surface area contributed by atoms with Gasteiger partial charge in [-0.25, -0.2) is 9.78 Å². The maximum Gasteiger partial charge on any atom is 0.325 e. The molecule has 1 fully saturated rings. The largest absolute Gasteiger partial charge is 0.325 e. The summed E-state index contributed by atoms with van der Waals surface area (Å²) in [5.74, 6) is -0.807. The maximum atomic E-state index is 13.0. The molecule has 0 bridgehead atoms. The van der Waals surface area contributed by atoms with Gasteiger partial charge in [-0.15, -0.1) is 11.3 Å². The number of benzene rings is 1. The van der Waals surface area contributed by atoms with Gasteiger partial charge in [-0.2, -0.15) is 0 Å². The Morgan fingerprint density at radius 1 is 1.36 bits per heavy atom. The van der Waals surface area contributed by atoms with Crippen molar-refractivity contribution in [3.8, 4) is 0 Å². The van der Waals surface area contributed by atoms with Crippen molar-refractivity contribution in [1.82, 2.24) is 15.2 Å². The van der Waals surface area contributed by atoms with Crippen LogP contribution < -0.4 is 10.6 Å². The van der Waals surface area contributed by atoms with E-state index in [0.717, 1.165) is 28.9 Å². The molecule has 4 rings (SSSR count). The van der Waals surface area contributed by atoms with Crippen LogP contribution in [0.4, 0.5) is 9.93 Å². The van der Waals surface area contributed by atoms with Crippen molar-refractivity contribution >= 4 is 34.3 Å². The summed E-state index contributed by atoms with van der Waals surface area (Å²) in [6.45, 7) is -0.325. The number of rotatable bonds is 3. The third kappa shape index (κ3) is 2.58. The lowest BCUT2D eigenvalue weighted by molar-refractivity contribution is -0.134. The fourth-order valence-corrected chi connectivity index (χ4v) is 4.09. The number of carbonyl (C=O) groups is 3. The molecule has 7 nitrogen and oxygen atoms in total. The van der Waals surface area contributed by atoms with Crippen molar-refractivity contribution < 1.29 is 14.4 Å². The van der Waals surface area contributed by atoms with Gasteiger partial charge in [-0.1, -0.05) is 24.3 Å². The highest BCUT2D eigenvalue weighted by atomic mass is 32.1. The van der Waals surface area contributed by atoms with E-state index in [9.17, 15) is 14.4 Å². The second-order valence-corrected chi connectivity index (χ2v) is 7.02. The average molecular weight is 356 g/mol. The van der Waals surface area contributed by atoms with Gasteiger partial charge in [0.2, 0.25) is 5.91 Å². The number of hydrogen-bond donors (Lipinski definition) is 2. The van der Waals surface area contributed by atoms with Gasteiger partial charge in [0.1, 0.15) is 12.1 Å². The van der Waals surface area contributed by atoms with Gasteiger partial charge in [-0.3, -0.25) is 14.5 Å². The van der Waals surface area contributed by atoms with E-state index in [2.05, 4.69) is 15.6 Å². The number of anilines is 1. The van der Waals surface area contributed by atoms with E-state index in [0.29, 0.717) is 11.6 Å². The van der Waals surface area contributed by atoms with Crippen molar-refractivity contribution in [3.05, 3.63) is 47.0 Å². The SMILES string of the molecule is O=C(CN1C(=O)N[C@]2(CCCc3ccccc32)C1=O)Nc1nccs1. The van der Waals surface area contributed by atoms with Crippen molar-refractivity contribution in [2.24, 2.45) is 0 Å². The molecule has 1 atom stereocenters. The molecule has 0 unspecified atom stereocenters. The Morgan fingerprint density at radius 2 is 2.20 bits per heavy atom. The van der Waals surface area contributed by atoms with Crippen LogP contribution >= 0.6 is 11.3 Å². The predicted octanol–water partition coefficient (Wildman–Crippen LogP) is 1.87. The van der Waals surface area contributed by atoms with Crippen molar-refractivity contribution in [2.75, 3.05) is 11.9 Å². The van der Waals surface area contributed by atoms with Gasteiger partial charge in [0, 0.05) is 11.6 Å². The van der Waals surface area contributed by atoms with E-state index in [1.165, 1.54) is 11.3 Å². The molecule has 1 aliphatic heterocycles. The van der Waals surface area contributed by atoms with Crippen LogP contribution in [0, 0.1) is 0 Å². The number of aryl methyl sites for hydroxylation is 1. The van der Waals surface area contributed by atoms with Gasteiger partial charge in [0.25, 0.3) is 5.91 Å². The van der Waals surface area contributed by atoms with Crippen LogP contribution in [0.15, 0.2) is 35.8 Å². The summed E-state index contributed by atoms with van der Waals surface area (Å²) >= 11 is 1.28. The Kier molecular flexibility index (Phi) is 3.76. The van der Waals surface area contributed by atoms with Crippen LogP contribution in [0.3, 0.4) is 0 Å². The molecule has 0 radical (unpaired) electrons. The highest BCUT2D eigenvalue weighted by molar-refractivity contribution is 7.13. The van der Waals surface area contributed by atoms with Gasteiger partial charge in [0.05, 0.1) is 0 Å². The van der Waals surface area contributed by atoms with Crippen LogP contribution in [-0.2, 0) is 21.5 Å². The van der Waals surface area contributed by atoms with Gasteiger partial charge < -0.3 is 10.6 Å². The zero-order valence-electron chi connectivity index (χ0n) is 13.3. The average Bonchev–Trinajstić information content (AvgIpc) is 3.19. The van der Waals surface area contributed by atoms with Crippen LogP contribution in [-0.4, -0.2) is 34.3 Å². The molecule has 1 saturated heterocycles. The van der Waals surface area contributed by atoms with E-state index in [-0.39, 0.29) is 12.5 Å². The third-order valence-corrected chi connectivity index (χ3v) is 5.32. The zero-order valence-corrected chi connectivity index (χ0v) is 14.1. The smallest absolute Gasteiger partial charge is 0.319 e. The van der Waals surface area contributed by atoms with Crippen LogP contribution in [0.2, 0.25) is 0 Å².